The molecule has 0 atom stereocenters. The number of carbonyl (C=O) groups excluding carboxylic acids is 1. The van der Waals surface area contributed by atoms with E-state index in [0.717, 1.165) is 6.26 Å². The smallest absolute Gasteiger partial charge is 0.288 e. The molecule has 2 rings (SSSR count). The van der Waals surface area contributed by atoms with Gasteiger partial charge in [0.1, 0.15) is 0 Å². The molecule has 2 aromatic rings. The number of hydrogen-bond donors (Lipinski definition) is 1. The Balaban J connectivity index is 2.27. The first-order valence-corrected chi connectivity index (χ1v) is 9.20. The topological polar surface area (TPSA) is 63.2 Å². The fourth-order valence-electron chi connectivity index (χ4n) is 1.86. The van der Waals surface area contributed by atoms with Gasteiger partial charge in [0, 0.05) is 16.8 Å². The molecular weight excluding hydrogens is 344 g/mol. The normalized spacial score (nSPS) is 11.5. The van der Waals surface area contributed by atoms with Crippen LogP contribution in [0.25, 0.3) is 0 Å². The molecule has 0 spiro atoms. The zero-order chi connectivity index (χ0) is 17.0. The molecule has 122 valence electrons. The number of nitrogens with one attached hydrogen (secondary N) is 1. The summed E-state index contributed by atoms with van der Waals surface area (Å²) in [6.07, 6.45) is 1.06. The van der Waals surface area contributed by atoms with Crippen LogP contribution in [0.1, 0.15) is 10.4 Å². The van der Waals surface area contributed by atoms with Crippen molar-refractivity contribution in [3.8, 4) is 0 Å². The van der Waals surface area contributed by atoms with Crippen LogP contribution in [0, 0.1) is 0 Å². The standard InChI is InChI=1S/C15H13F2NO3S2/c1-23(20,21)11-6-4-5-10(9-11)18-14(19)12-7-2-3-8-13(12)22-15(16)17/h2-9,15H,1H3,(H,18,19). The number of alkyl halides is 2. The maximum absolute atomic E-state index is 12.5. The number of benzene rings is 2. The molecule has 2 aromatic carbocycles. The van der Waals surface area contributed by atoms with E-state index in [1.54, 1.807) is 12.1 Å². The van der Waals surface area contributed by atoms with Gasteiger partial charge < -0.3 is 5.32 Å². The molecule has 0 radical (unpaired) electrons. The lowest BCUT2D eigenvalue weighted by Crippen LogP contribution is -2.13. The van der Waals surface area contributed by atoms with E-state index in [4.69, 9.17) is 0 Å². The number of halogens is 2. The molecule has 0 fully saturated rings. The Morgan fingerprint density at radius 1 is 1.13 bits per heavy atom. The monoisotopic (exact) mass is 357 g/mol. The summed E-state index contributed by atoms with van der Waals surface area (Å²) in [4.78, 5) is 12.5. The van der Waals surface area contributed by atoms with Gasteiger partial charge in [-0.2, -0.15) is 8.78 Å². The zero-order valence-corrected chi connectivity index (χ0v) is 13.6. The van der Waals surface area contributed by atoms with E-state index in [-0.39, 0.29) is 32.8 Å². The van der Waals surface area contributed by atoms with Crippen molar-refractivity contribution in [3.63, 3.8) is 0 Å². The molecular formula is C15H13F2NO3S2. The van der Waals surface area contributed by atoms with Crippen LogP contribution >= 0.6 is 11.8 Å². The van der Waals surface area contributed by atoms with Crippen molar-refractivity contribution in [2.75, 3.05) is 11.6 Å². The summed E-state index contributed by atoms with van der Waals surface area (Å²) in [5.74, 6) is -3.23. The second-order valence-electron chi connectivity index (χ2n) is 4.63. The van der Waals surface area contributed by atoms with Gasteiger partial charge in [-0.25, -0.2) is 8.42 Å². The average molecular weight is 357 g/mol. The molecule has 23 heavy (non-hydrogen) atoms. The molecule has 0 bridgehead atoms. The van der Waals surface area contributed by atoms with Crippen molar-refractivity contribution in [1.82, 2.24) is 0 Å². The minimum atomic E-state index is -3.40. The Hall–Kier alpha value is -1.93. The van der Waals surface area contributed by atoms with Crippen molar-refractivity contribution in [2.45, 2.75) is 15.5 Å². The van der Waals surface area contributed by atoms with Gasteiger partial charge in [-0.1, -0.05) is 30.0 Å². The molecule has 0 saturated carbocycles. The zero-order valence-electron chi connectivity index (χ0n) is 12.0. The lowest BCUT2D eigenvalue weighted by atomic mass is 10.2. The predicted molar refractivity (Wildman–Crippen MR) is 85.8 cm³/mol. The summed E-state index contributed by atoms with van der Waals surface area (Å²) in [6, 6.07) is 11.7. The van der Waals surface area contributed by atoms with Crippen molar-refractivity contribution in [3.05, 3.63) is 54.1 Å². The molecule has 1 amide bonds. The highest BCUT2D eigenvalue weighted by Gasteiger charge is 2.16. The molecule has 0 aliphatic rings. The third-order valence-corrected chi connectivity index (χ3v) is 4.77. The number of sulfone groups is 1. The van der Waals surface area contributed by atoms with E-state index < -0.39 is 21.5 Å². The first-order chi connectivity index (χ1) is 10.8. The Morgan fingerprint density at radius 3 is 2.48 bits per heavy atom. The molecule has 4 nitrogen and oxygen atoms in total. The van der Waals surface area contributed by atoms with Crippen molar-refractivity contribution >= 4 is 33.2 Å². The van der Waals surface area contributed by atoms with Gasteiger partial charge in [0.2, 0.25) is 0 Å². The Bertz CT molecular complexity index is 823. The highest BCUT2D eigenvalue weighted by Crippen LogP contribution is 2.29. The quantitative estimate of drug-likeness (QED) is 0.830. The van der Waals surface area contributed by atoms with Crippen LogP contribution < -0.4 is 5.32 Å². The maximum atomic E-state index is 12.5. The second kappa shape index (κ2) is 7.10. The third kappa shape index (κ3) is 4.77. The number of amides is 1. The molecule has 0 aromatic heterocycles. The van der Waals surface area contributed by atoms with E-state index in [2.05, 4.69) is 5.32 Å². The van der Waals surface area contributed by atoms with Crippen LogP contribution in [0.15, 0.2) is 58.3 Å². The fourth-order valence-corrected chi connectivity index (χ4v) is 3.16. The predicted octanol–water partition coefficient (Wildman–Crippen LogP) is 3.66. The van der Waals surface area contributed by atoms with Crippen LogP contribution in [0.5, 0.6) is 0 Å². The minimum absolute atomic E-state index is 0.0607. The number of rotatable bonds is 5. The number of hydrogen-bond acceptors (Lipinski definition) is 4. The van der Waals surface area contributed by atoms with Crippen LogP contribution in [0.3, 0.4) is 0 Å². The molecule has 0 heterocycles. The molecule has 0 saturated heterocycles. The summed E-state index contributed by atoms with van der Waals surface area (Å²) in [6.45, 7) is 0. The second-order valence-corrected chi connectivity index (χ2v) is 7.68. The summed E-state index contributed by atoms with van der Waals surface area (Å²) < 4.78 is 48.1. The van der Waals surface area contributed by atoms with Crippen molar-refractivity contribution < 1.29 is 22.0 Å². The van der Waals surface area contributed by atoms with Crippen LogP contribution in [-0.4, -0.2) is 26.3 Å². The molecule has 8 heteroatoms. The van der Waals surface area contributed by atoms with Gasteiger partial charge in [-0.3, -0.25) is 4.79 Å². The van der Waals surface area contributed by atoms with Gasteiger partial charge in [0.15, 0.2) is 9.84 Å². The highest BCUT2D eigenvalue weighted by atomic mass is 32.2. The number of carbonyl (C=O) groups is 1. The maximum Gasteiger partial charge on any atom is 0.288 e. The van der Waals surface area contributed by atoms with E-state index in [1.807, 2.05) is 0 Å². The van der Waals surface area contributed by atoms with E-state index >= 15 is 0 Å². The summed E-state index contributed by atoms with van der Waals surface area (Å²) in [5.41, 5.74) is 0.373. The lowest BCUT2D eigenvalue weighted by molar-refractivity contribution is 0.102. The van der Waals surface area contributed by atoms with Gasteiger partial charge in [-0.15, -0.1) is 0 Å². The van der Waals surface area contributed by atoms with Crippen molar-refractivity contribution in [1.29, 1.82) is 0 Å². The van der Waals surface area contributed by atoms with Gasteiger partial charge in [0.05, 0.1) is 10.5 Å². The first kappa shape index (κ1) is 17.4. The Morgan fingerprint density at radius 2 is 1.83 bits per heavy atom. The van der Waals surface area contributed by atoms with Gasteiger partial charge >= 0.3 is 0 Å². The molecule has 1 N–H and O–H groups in total. The van der Waals surface area contributed by atoms with Gasteiger partial charge in [0.25, 0.3) is 11.7 Å². The van der Waals surface area contributed by atoms with Gasteiger partial charge in [-0.05, 0) is 30.3 Å². The third-order valence-electron chi connectivity index (χ3n) is 2.87. The SMILES string of the molecule is CS(=O)(=O)c1cccc(NC(=O)c2ccccc2SC(F)F)c1. The first-order valence-electron chi connectivity index (χ1n) is 6.42. The summed E-state index contributed by atoms with van der Waals surface area (Å²) in [7, 11) is -3.40. The fraction of sp³-hybridized carbons (Fsp3) is 0.133. The average Bonchev–Trinajstić information content (AvgIpc) is 2.46. The van der Waals surface area contributed by atoms with Crippen LogP contribution in [0.2, 0.25) is 0 Å². The lowest BCUT2D eigenvalue weighted by Gasteiger charge is -2.10. The molecule has 0 aliphatic heterocycles. The molecule has 0 unspecified atom stereocenters. The largest absolute Gasteiger partial charge is 0.322 e. The van der Waals surface area contributed by atoms with Crippen molar-refractivity contribution in [2.24, 2.45) is 0 Å². The number of thioether (sulfide) groups is 1. The van der Waals surface area contributed by atoms with Crippen LogP contribution in [0.4, 0.5) is 14.5 Å². The summed E-state index contributed by atoms with van der Waals surface area (Å²) >= 11 is 0.281. The van der Waals surface area contributed by atoms with E-state index in [1.165, 1.54) is 36.4 Å². The Labute approximate surface area is 136 Å². The van der Waals surface area contributed by atoms with Crippen LogP contribution in [-0.2, 0) is 9.84 Å². The Kier molecular flexibility index (Phi) is 5.38. The minimum Gasteiger partial charge on any atom is -0.322 e. The van der Waals surface area contributed by atoms with E-state index in [0.29, 0.717) is 0 Å². The summed E-state index contributed by atoms with van der Waals surface area (Å²) in [5, 5.41) is 2.52. The molecule has 0 aliphatic carbocycles. The van der Waals surface area contributed by atoms with E-state index in [9.17, 15) is 22.0 Å². The highest BCUT2D eigenvalue weighted by molar-refractivity contribution is 7.99. The number of anilines is 1.